The van der Waals surface area contributed by atoms with Crippen molar-refractivity contribution < 1.29 is 9.32 Å². The zero-order valence-corrected chi connectivity index (χ0v) is 14.2. The van der Waals surface area contributed by atoms with Crippen molar-refractivity contribution in [1.82, 2.24) is 30.6 Å². The Labute approximate surface area is 148 Å². The molecule has 26 heavy (non-hydrogen) atoms. The highest BCUT2D eigenvalue weighted by molar-refractivity contribution is 6.07. The van der Waals surface area contributed by atoms with Crippen molar-refractivity contribution in [1.29, 1.82) is 0 Å². The lowest BCUT2D eigenvalue weighted by molar-refractivity contribution is 0.0951. The van der Waals surface area contributed by atoms with E-state index in [1.165, 1.54) is 0 Å². The number of nitrogens with zero attached hydrogens (tertiary/aromatic N) is 4. The number of pyridine rings is 2. The number of H-pyrrole nitrogens is 1. The van der Waals surface area contributed by atoms with Crippen molar-refractivity contribution in [3.8, 4) is 0 Å². The fourth-order valence-electron chi connectivity index (χ4n) is 3.66. The number of aryl methyl sites for hydroxylation is 2. The molecule has 8 heteroatoms. The van der Waals surface area contributed by atoms with Crippen molar-refractivity contribution in [2.45, 2.75) is 32.7 Å². The predicted molar refractivity (Wildman–Crippen MR) is 93.6 cm³/mol. The maximum atomic E-state index is 13.0. The minimum Gasteiger partial charge on any atom is -0.346 e. The summed E-state index contributed by atoms with van der Waals surface area (Å²) in [6.45, 7) is 2.17. The standard InChI is InChI=1S/C18H16N6O2/c1-9-14-15(10-4-2-6-12(10)21-18(14)26-24-9)17(25)20-8-13-11-5-3-7-19-16(11)23-22-13/h3,5,7H,2,4,6,8H2,1H3,(H,20,25)(H,19,22,23). The van der Waals surface area contributed by atoms with Crippen LogP contribution in [0.4, 0.5) is 0 Å². The Morgan fingerprint density at radius 3 is 3.23 bits per heavy atom. The summed E-state index contributed by atoms with van der Waals surface area (Å²) in [5.74, 6) is -0.145. The molecule has 1 amide bonds. The van der Waals surface area contributed by atoms with Gasteiger partial charge in [0.2, 0.25) is 0 Å². The Kier molecular flexibility index (Phi) is 3.24. The van der Waals surface area contributed by atoms with Gasteiger partial charge in [0.1, 0.15) is 0 Å². The van der Waals surface area contributed by atoms with E-state index in [4.69, 9.17) is 4.52 Å². The second-order valence-corrected chi connectivity index (χ2v) is 6.47. The van der Waals surface area contributed by atoms with Crippen molar-refractivity contribution in [3.63, 3.8) is 0 Å². The lowest BCUT2D eigenvalue weighted by Crippen LogP contribution is -2.25. The van der Waals surface area contributed by atoms with Gasteiger partial charge in [-0.25, -0.2) is 9.97 Å². The topological polar surface area (TPSA) is 110 Å². The molecule has 4 heterocycles. The molecule has 0 saturated heterocycles. The molecule has 1 aliphatic rings. The number of aromatic amines is 1. The summed E-state index contributed by atoms with van der Waals surface area (Å²) in [7, 11) is 0. The summed E-state index contributed by atoms with van der Waals surface area (Å²) < 4.78 is 5.31. The van der Waals surface area contributed by atoms with Crippen LogP contribution in [0.25, 0.3) is 22.1 Å². The fourth-order valence-corrected chi connectivity index (χ4v) is 3.66. The minimum absolute atomic E-state index is 0.145. The Morgan fingerprint density at radius 1 is 1.38 bits per heavy atom. The number of hydrogen-bond acceptors (Lipinski definition) is 6. The summed E-state index contributed by atoms with van der Waals surface area (Å²) in [5, 5.41) is 15.7. The van der Waals surface area contributed by atoms with Crippen LogP contribution in [0.2, 0.25) is 0 Å². The molecule has 5 rings (SSSR count). The van der Waals surface area contributed by atoms with Crippen LogP contribution in [-0.4, -0.2) is 31.2 Å². The lowest BCUT2D eigenvalue weighted by Gasteiger charge is -2.10. The molecule has 130 valence electrons. The first-order valence-corrected chi connectivity index (χ1v) is 8.56. The molecule has 0 bridgehead atoms. The molecule has 0 spiro atoms. The van der Waals surface area contributed by atoms with E-state index in [1.54, 1.807) is 6.20 Å². The molecule has 1 aliphatic carbocycles. The SMILES string of the molecule is Cc1noc2nc3c(c(C(=O)NCc4[nH]nc5ncccc45)c12)CCC3. The minimum atomic E-state index is -0.145. The molecular weight excluding hydrogens is 332 g/mol. The zero-order chi connectivity index (χ0) is 17.7. The Balaban J connectivity index is 1.52. The highest BCUT2D eigenvalue weighted by atomic mass is 16.5. The van der Waals surface area contributed by atoms with E-state index in [0.717, 1.165) is 41.6 Å². The monoisotopic (exact) mass is 348 g/mol. The first-order chi connectivity index (χ1) is 12.7. The van der Waals surface area contributed by atoms with Gasteiger partial charge in [0.05, 0.1) is 28.9 Å². The number of carbonyl (C=O) groups is 1. The molecule has 4 aromatic heterocycles. The van der Waals surface area contributed by atoms with Gasteiger partial charge >= 0.3 is 0 Å². The molecule has 0 atom stereocenters. The average molecular weight is 348 g/mol. The van der Waals surface area contributed by atoms with E-state index in [0.29, 0.717) is 34.5 Å². The quantitative estimate of drug-likeness (QED) is 0.587. The van der Waals surface area contributed by atoms with Crippen LogP contribution in [0.15, 0.2) is 22.9 Å². The third-order valence-electron chi connectivity index (χ3n) is 4.88. The molecule has 2 N–H and O–H groups in total. The first kappa shape index (κ1) is 15.0. The van der Waals surface area contributed by atoms with E-state index in [-0.39, 0.29) is 5.91 Å². The molecule has 0 radical (unpaired) electrons. The average Bonchev–Trinajstić information content (AvgIpc) is 3.37. The van der Waals surface area contributed by atoms with E-state index in [9.17, 15) is 4.79 Å². The Bertz CT molecular complexity index is 1160. The number of amides is 1. The van der Waals surface area contributed by atoms with E-state index in [2.05, 4.69) is 30.6 Å². The summed E-state index contributed by atoms with van der Waals surface area (Å²) in [6.07, 6.45) is 4.40. The number of hydrogen-bond donors (Lipinski definition) is 2. The summed E-state index contributed by atoms with van der Waals surface area (Å²) in [6, 6.07) is 3.78. The fraction of sp³-hybridized carbons (Fsp3) is 0.278. The van der Waals surface area contributed by atoms with Gasteiger partial charge in [-0.1, -0.05) is 5.16 Å². The molecule has 0 unspecified atom stereocenters. The molecule has 8 nitrogen and oxygen atoms in total. The molecule has 0 aromatic carbocycles. The Hall–Kier alpha value is -3.29. The van der Waals surface area contributed by atoms with E-state index in [1.807, 2.05) is 19.1 Å². The number of nitrogens with one attached hydrogen (secondary N) is 2. The largest absolute Gasteiger partial charge is 0.346 e. The molecule has 4 aromatic rings. The van der Waals surface area contributed by atoms with E-state index < -0.39 is 0 Å². The second-order valence-electron chi connectivity index (χ2n) is 6.47. The number of carbonyl (C=O) groups excluding carboxylic acids is 1. The third-order valence-corrected chi connectivity index (χ3v) is 4.88. The third kappa shape index (κ3) is 2.18. The molecular formula is C18H16N6O2. The van der Waals surface area contributed by atoms with Crippen LogP contribution in [0.3, 0.4) is 0 Å². The van der Waals surface area contributed by atoms with Crippen molar-refractivity contribution >= 4 is 28.0 Å². The van der Waals surface area contributed by atoms with Gasteiger partial charge in [0.25, 0.3) is 11.6 Å². The van der Waals surface area contributed by atoms with Gasteiger partial charge < -0.3 is 9.84 Å². The summed E-state index contributed by atoms with van der Waals surface area (Å²) in [4.78, 5) is 21.8. The van der Waals surface area contributed by atoms with Gasteiger partial charge in [0.15, 0.2) is 5.65 Å². The summed E-state index contributed by atoms with van der Waals surface area (Å²) >= 11 is 0. The van der Waals surface area contributed by atoms with Gasteiger partial charge in [-0.05, 0) is 43.9 Å². The summed E-state index contributed by atoms with van der Waals surface area (Å²) in [5.41, 5.74) is 5.17. The zero-order valence-electron chi connectivity index (χ0n) is 14.2. The van der Waals surface area contributed by atoms with Crippen LogP contribution in [0.1, 0.15) is 39.4 Å². The van der Waals surface area contributed by atoms with Crippen molar-refractivity contribution in [2.75, 3.05) is 0 Å². The van der Waals surface area contributed by atoms with Crippen molar-refractivity contribution in [3.05, 3.63) is 46.5 Å². The maximum Gasteiger partial charge on any atom is 0.259 e. The number of rotatable bonds is 3. The Morgan fingerprint density at radius 2 is 2.31 bits per heavy atom. The van der Waals surface area contributed by atoms with Gasteiger partial charge in [-0.2, -0.15) is 5.10 Å². The van der Waals surface area contributed by atoms with Gasteiger partial charge in [0, 0.05) is 17.3 Å². The highest BCUT2D eigenvalue weighted by Crippen LogP contribution is 2.31. The van der Waals surface area contributed by atoms with Crippen LogP contribution in [0, 0.1) is 6.92 Å². The van der Waals surface area contributed by atoms with Crippen LogP contribution < -0.4 is 5.32 Å². The second kappa shape index (κ2) is 5.62. The van der Waals surface area contributed by atoms with Crippen molar-refractivity contribution in [2.24, 2.45) is 0 Å². The van der Waals surface area contributed by atoms with Gasteiger partial charge in [-0.3, -0.25) is 9.89 Å². The molecule has 0 saturated carbocycles. The number of aromatic nitrogens is 5. The normalized spacial score (nSPS) is 13.4. The highest BCUT2D eigenvalue weighted by Gasteiger charge is 2.27. The maximum absolute atomic E-state index is 13.0. The predicted octanol–water partition coefficient (Wildman–Crippen LogP) is 2.22. The lowest BCUT2D eigenvalue weighted by atomic mass is 10.0. The van der Waals surface area contributed by atoms with E-state index >= 15 is 0 Å². The first-order valence-electron chi connectivity index (χ1n) is 8.56. The van der Waals surface area contributed by atoms with Crippen LogP contribution >= 0.6 is 0 Å². The van der Waals surface area contributed by atoms with Gasteiger partial charge in [-0.15, -0.1) is 0 Å². The van der Waals surface area contributed by atoms with Crippen LogP contribution in [-0.2, 0) is 19.4 Å². The van der Waals surface area contributed by atoms with Crippen LogP contribution in [0.5, 0.6) is 0 Å². The number of fused-ring (bicyclic) bond motifs is 3. The molecule has 0 fully saturated rings. The smallest absolute Gasteiger partial charge is 0.259 e. The molecule has 0 aliphatic heterocycles.